The van der Waals surface area contributed by atoms with Gasteiger partial charge in [0.1, 0.15) is 0 Å². The number of benzene rings is 1. The highest BCUT2D eigenvalue weighted by atomic mass is 79.9. The molecule has 2 rings (SSSR count). The van der Waals surface area contributed by atoms with Crippen molar-refractivity contribution >= 4 is 38.9 Å². The van der Waals surface area contributed by atoms with Gasteiger partial charge in [-0.25, -0.2) is 0 Å². The number of halogens is 2. The molecular weight excluding hydrogens is 318 g/mol. The van der Waals surface area contributed by atoms with Crippen LogP contribution in [0.4, 0.5) is 0 Å². The first kappa shape index (κ1) is 13.1. The summed E-state index contributed by atoms with van der Waals surface area (Å²) in [5.74, 6) is 0. The molecule has 1 aromatic carbocycles. The Morgan fingerprint density at radius 2 is 2.18 bits per heavy atom. The normalized spacial score (nSPS) is 12.7. The Hall–Kier alpha value is -0.350. The predicted octanol–water partition coefficient (Wildman–Crippen LogP) is 4.71. The minimum atomic E-state index is 0.0310. The van der Waals surface area contributed by atoms with Crippen molar-refractivity contribution in [3.8, 4) is 0 Å². The Bertz CT molecular complexity index is 504. The van der Waals surface area contributed by atoms with E-state index in [0.717, 1.165) is 15.2 Å². The summed E-state index contributed by atoms with van der Waals surface area (Å²) < 4.78 is 1.16. The molecular formula is C13H13BrClNS. The topological polar surface area (TPSA) is 26.0 Å². The zero-order valence-electron chi connectivity index (χ0n) is 9.41. The van der Waals surface area contributed by atoms with E-state index in [-0.39, 0.29) is 6.04 Å². The molecule has 1 unspecified atom stereocenters. The van der Waals surface area contributed by atoms with Gasteiger partial charge in [-0.15, -0.1) is 11.3 Å². The number of nitrogens with two attached hydrogens (primary N) is 1. The summed E-state index contributed by atoms with van der Waals surface area (Å²) in [4.78, 5) is 1.20. The monoisotopic (exact) mass is 329 g/mol. The third-order valence-electron chi connectivity index (χ3n) is 2.59. The smallest absolute Gasteiger partial charge is 0.0731 e. The van der Waals surface area contributed by atoms with Crippen molar-refractivity contribution in [2.75, 3.05) is 0 Å². The van der Waals surface area contributed by atoms with Crippen LogP contribution in [-0.4, -0.2) is 0 Å². The standard InChI is InChI=1S/C13H13BrClNS/c1-8-5-12(17-13(8)14)11(16)7-9-3-2-4-10(15)6-9/h2-6,11H,7,16H2,1H3. The van der Waals surface area contributed by atoms with Crippen LogP contribution in [0.25, 0.3) is 0 Å². The van der Waals surface area contributed by atoms with Gasteiger partial charge in [0.05, 0.1) is 3.79 Å². The second-order valence-electron chi connectivity index (χ2n) is 4.05. The van der Waals surface area contributed by atoms with Gasteiger partial charge in [0.2, 0.25) is 0 Å². The first-order chi connectivity index (χ1) is 8.06. The molecule has 1 aromatic heterocycles. The molecule has 0 aliphatic heterocycles. The molecule has 2 aromatic rings. The van der Waals surface area contributed by atoms with E-state index in [1.165, 1.54) is 16.0 Å². The molecule has 0 saturated heterocycles. The van der Waals surface area contributed by atoms with Crippen LogP contribution in [0.1, 0.15) is 22.0 Å². The summed E-state index contributed by atoms with van der Waals surface area (Å²) in [7, 11) is 0. The van der Waals surface area contributed by atoms with Gasteiger partial charge in [-0.05, 0) is 58.6 Å². The highest BCUT2D eigenvalue weighted by molar-refractivity contribution is 9.11. The lowest BCUT2D eigenvalue weighted by Gasteiger charge is -2.09. The van der Waals surface area contributed by atoms with Crippen molar-refractivity contribution in [2.24, 2.45) is 5.73 Å². The van der Waals surface area contributed by atoms with Gasteiger partial charge in [-0.2, -0.15) is 0 Å². The maximum atomic E-state index is 6.21. The lowest BCUT2D eigenvalue weighted by atomic mass is 10.1. The quantitative estimate of drug-likeness (QED) is 0.866. The summed E-state index contributed by atoms with van der Waals surface area (Å²) in [5.41, 5.74) is 8.62. The van der Waals surface area contributed by atoms with Crippen LogP contribution in [-0.2, 0) is 6.42 Å². The molecule has 90 valence electrons. The molecule has 1 heterocycles. The van der Waals surface area contributed by atoms with Crippen LogP contribution in [0.5, 0.6) is 0 Å². The molecule has 0 saturated carbocycles. The Balaban J connectivity index is 2.14. The molecule has 0 spiro atoms. The van der Waals surface area contributed by atoms with Crippen molar-refractivity contribution in [3.63, 3.8) is 0 Å². The van der Waals surface area contributed by atoms with Gasteiger partial charge >= 0.3 is 0 Å². The zero-order valence-corrected chi connectivity index (χ0v) is 12.6. The van der Waals surface area contributed by atoms with E-state index >= 15 is 0 Å². The highest BCUT2D eigenvalue weighted by Crippen LogP contribution is 2.31. The summed E-state index contributed by atoms with van der Waals surface area (Å²) >= 11 is 11.2. The van der Waals surface area contributed by atoms with Crippen molar-refractivity contribution < 1.29 is 0 Å². The number of thiophene rings is 1. The average Bonchev–Trinajstić information content (AvgIpc) is 2.59. The molecule has 0 bridgehead atoms. The average molecular weight is 331 g/mol. The number of hydrogen-bond acceptors (Lipinski definition) is 2. The number of aryl methyl sites for hydroxylation is 1. The summed E-state index contributed by atoms with van der Waals surface area (Å²) in [6.45, 7) is 2.08. The SMILES string of the molecule is Cc1cc(C(N)Cc2cccc(Cl)c2)sc1Br. The van der Waals surface area contributed by atoms with Gasteiger partial charge in [0.15, 0.2) is 0 Å². The largest absolute Gasteiger partial charge is 0.323 e. The van der Waals surface area contributed by atoms with Gasteiger partial charge in [0, 0.05) is 15.9 Å². The molecule has 0 radical (unpaired) electrons. The predicted molar refractivity (Wildman–Crippen MR) is 78.8 cm³/mol. The number of hydrogen-bond donors (Lipinski definition) is 1. The molecule has 0 aliphatic carbocycles. The fraction of sp³-hybridized carbons (Fsp3) is 0.231. The summed E-state index contributed by atoms with van der Waals surface area (Å²) in [6.07, 6.45) is 0.812. The van der Waals surface area contributed by atoms with E-state index in [4.69, 9.17) is 17.3 Å². The summed E-state index contributed by atoms with van der Waals surface area (Å²) in [5, 5.41) is 0.762. The fourth-order valence-electron chi connectivity index (χ4n) is 1.68. The fourth-order valence-corrected chi connectivity index (χ4v) is 3.47. The molecule has 1 atom stereocenters. The van der Waals surface area contributed by atoms with Crippen LogP contribution >= 0.6 is 38.9 Å². The Labute approximate surface area is 119 Å². The zero-order chi connectivity index (χ0) is 12.4. The van der Waals surface area contributed by atoms with Crippen LogP contribution < -0.4 is 5.73 Å². The molecule has 17 heavy (non-hydrogen) atoms. The molecule has 0 fully saturated rings. The van der Waals surface area contributed by atoms with Crippen LogP contribution in [0.3, 0.4) is 0 Å². The molecule has 0 aliphatic rings. The van der Waals surface area contributed by atoms with Gasteiger partial charge in [0.25, 0.3) is 0 Å². The number of rotatable bonds is 3. The minimum absolute atomic E-state index is 0.0310. The van der Waals surface area contributed by atoms with Gasteiger partial charge in [-0.3, -0.25) is 0 Å². The first-order valence-electron chi connectivity index (χ1n) is 5.32. The third-order valence-corrected chi connectivity index (χ3v) is 5.09. The second kappa shape index (κ2) is 5.53. The van der Waals surface area contributed by atoms with Crippen molar-refractivity contribution in [1.29, 1.82) is 0 Å². The maximum Gasteiger partial charge on any atom is 0.0731 e. The van der Waals surface area contributed by atoms with Crippen LogP contribution in [0.2, 0.25) is 5.02 Å². The molecule has 0 amide bonds. The highest BCUT2D eigenvalue weighted by Gasteiger charge is 2.11. The first-order valence-corrected chi connectivity index (χ1v) is 7.31. The van der Waals surface area contributed by atoms with Crippen molar-refractivity contribution in [3.05, 3.63) is 55.1 Å². The van der Waals surface area contributed by atoms with Crippen LogP contribution in [0, 0.1) is 6.92 Å². The Kier molecular flexibility index (Phi) is 4.26. The van der Waals surface area contributed by atoms with Gasteiger partial charge in [-0.1, -0.05) is 23.7 Å². The lowest BCUT2D eigenvalue weighted by Crippen LogP contribution is -2.11. The Morgan fingerprint density at radius 3 is 2.76 bits per heavy atom. The third kappa shape index (κ3) is 3.32. The van der Waals surface area contributed by atoms with Crippen molar-refractivity contribution in [2.45, 2.75) is 19.4 Å². The Morgan fingerprint density at radius 1 is 1.41 bits per heavy atom. The van der Waals surface area contributed by atoms with Crippen molar-refractivity contribution in [1.82, 2.24) is 0 Å². The maximum absolute atomic E-state index is 6.21. The van der Waals surface area contributed by atoms with Gasteiger partial charge < -0.3 is 5.73 Å². The molecule has 1 nitrogen and oxygen atoms in total. The van der Waals surface area contributed by atoms with E-state index in [1.54, 1.807) is 11.3 Å². The van der Waals surface area contributed by atoms with Crippen LogP contribution in [0.15, 0.2) is 34.1 Å². The summed E-state index contributed by atoms with van der Waals surface area (Å²) in [6, 6.07) is 10.0. The molecule has 2 N–H and O–H groups in total. The molecule has 4 heteroatoms. The van der Waals surface area contributed by atoms with E-state index in [9.17, 15) is 0 Å². The van der Waals surface area contributed by atoms with E-state index in [0.29, 0.717) is 0 Å². The lowest BCUT2D eigenvalue weighted by molar-refractivity contribution is 0.736. The van der Waals surface area contributed by atoms with E-state index in [1.807, 2.05) is 18.2 Å². The second-order valence-corrected chi connectivity index (χ2v) is 6.88. The minimum Gasteiger partial charge on any atom is -0.323 e. The van der Waals surface area contributed by atoms with E-state index in [2.05, 4.69) is 35.0 Å². The van der Waals surface area contributed by atoms with E-state index < -0.39 is 0 Å².